The number of rotatable bonds is 7. The Morgan fingerprint density at radius 3 is 2.65 bits per heavy atom. The lowest BCUT2D eigenvalue weighted by Crippen LogP contribution is -2.24. The Labute approximate surface area is 128 Å². The lowest BCUT2D eigenvalue weighted by molar-refractivity contribution is 0.596. The lowest BCUT2D eigenvalue weighted by atomic mass is 10.0. The number of benzene rings is 1. The number of hydrogen-bond acceptors (Lipinski definition) is 2. The molecule has 0 radical (unpaired) electrons. The van der Waals surface area contributed by atoms with Crippen molar-refractivity contribution in [2.24, 2.45) is 5.92 Å². The van der Waals surface area contributed by atoms with Crippen LogP contribution in [0.2, 0.25) is 0 Å². The molecule has 0 aromatic heterocycles. The molecule has 0 amide bonds. The second kappa shape index (κ2) is 8.09. The summed E-state index contributed by atoms with van der Waals surface area (Å²) in [6.07, 6.45) is 5.84. The maximum absolute atomic E-state index is 3.66. The van der Waals surface area contributed by atoms with Crippen molar-refractivity contribution in [2.45, 2.75) is 52.5 Å². The van der Waals surface area contributed by atoms with Gasteiger partial charge >= 0.3 is 0 Å². The van der Waals surface area contributed by atoms with Gasteiger partial charge in [-0.05, 0) is 56.0 Å². The maximum Gasteiger partial charge on any atom is 0.0414 e. The van der Waals surface area contributed by atoms with Gasteiger partial charge in [-0.2, -0.15) is 11.8 Å². The van der Waals surface area contributed by atoms with Crippen LogP contribution in [-0.4, -0.2) is 18.1 Å². The molecule has 1 atom stereocenters. The van der Waals surface area contributed by atoms with Crippen LogP contribution in [0.3, 0.4) is 0 Å². The van der Waals surface area contributed by atoms with E-state index in [0.717, 1.165) is 12.5 Å². The quantitative estimate of drug-likeness (QED) is 0.768. The summed E-state index contributed by atoms with van der Waals surface area (Å²) >= 11 is 2.14. The van der Waals surface area contributed by atoms with Crippen LogP contribution in [0, 0.1) is 19.8 Å². The summed E-state index contributed by atoms with van der Waals surface area (Å²) in [6.45, 7) is 7.67. The molecule has 2 heteroatoms. The molecule has 2 rings (SSSR count). The molecule has 1 nitrogen and oxygen atoms in total. The zero-order chi connectivity index (χ0) is 14.4. The molecule has 0 aliphatic heterocycles. The minimum Gasteiger partial charge on any atom is -0.310 e. The minimum atomic E-state index is 0.506. The smallest absolute Gasteiger partial charge is 0.0414 e. The van der Waals surface area contributed by atoms with Crippen LogP contribution in [0.4, 0.5) is 0 Å². The van der Waals surface area contributed by atoms with Crippen LogP contribution < -0.4 is 5.32 Å². The highest BCUT2D eigenvalue weighted by Crippen LogP contribution is 2.30. The van der Waals surface area contributed by atoms with Crippen molar-refractivity contribution in [2.75, 3.05) is 18.1 Å². The Hall–Kier alpha value is -0.470. The van der Waals surface area contributed by atoms with Crippen LogP contribution >= 0.6 is 11.8 Å². The predicted molar refractivity (Wildman–Crippen MR) is 91.6 cm³/mol. The maximum atomic E-state index is 3.66. The highest BCUT2D eigenvalue weighted by molar-refractivity contribution is 7.99. The first-order chi connectivity index (χ1) is 9.70. The van der Waals surface area contributed by atoms with Crippen molar-refractivity contribution in [3.8, 4) is 0 Å². The summed E-state index contributed by atoms with van der Waals surface area (Å²) in [6, 6.07) is 7.37. The van der Waals surface area contributed by atoms with Gasteiger partial charge in [0.15, 0.2) is 0 Å². The molecule has 1 saturated carbocycles. The van der Waals surface area contributed by atoms with Crippen molar-refractivity contribution in [3.63, 3.8) is 0 Å². The normalized spacial score (nSPS) is 17.6. The van der Waals surface area contributed by atoms with Crippen molar-refractivity contribution in [1.82, 2.24) is 5.32 Å². The minimum absolute atomic E-state index is 0.506. The number of nitrogens with one attached hydrogen (secondary N) is 1. The highest BCUT2D eigenvalue weighted by atomic mass is 32.2. The fraction of sp³-hybridized carbons (Fsp3) is 0.667. The van der Waals surface area contributed by atoms with E-state index in [1.54, 1.807) is 0 Å². The van der Waals surface area contributed by atoms with Crippen LogP contribution in [0.5, 0.6) is 0 Å². The SMILES string of the molecule is CCNC(CSCC1CCCC1)c1ccc(C)cc1C. The largest absolute Gasteiger partial charge is 0.310 e. The van der Waals surface area contributed by atoms with Crippen LogP contribution in [-0.2, 0) is 0 Å². The van der Waals surface area contributed by atoms with Crippen molar-refractivity contribution < 1.29 is 0 Å². The van der Waals surface area contributed by atoms with E-state index in [1.165, 1.54) is 53.9 Å². The summed E-state index contributed by atoms with van der Waals surface area (Å²) in [5.41, 5.74) is 4.27. The molecule has 1 unspecified atom stereocenters. The van der Waals surface area contributed by atoms with Gasteiger partial charge in [0, 0.05) is 11.8 Å². The zero-order valence-corrected chi connectivity index (χ0v) is 14.1. The highest BCUT2D eigenvalue weighted by Gasteiger charge is 2.17. The summed E-state index contributed by atoms with van der Waals surface area (Å²) in [5.74, 6) is 3.54. The number of hydrogen-bond donors (Lipinski definition) is 1. The van der Waals surface area contributed by atoms with E-state index < -0.39 is 0 Å². The Morgan fingerprint density at radius 2 is 2.00 bits per heavy atom. The van der Waals surface area contributed by atoms with Crippen LogP contribution in [0.15, 0.2) is 18.2 Å². The zero-order valence-electron chi connectivity index (χ0n) is 13.2. The molecule has 1 aromatic rings. The first-order valence-corrected chi connectivity index (χ1v) is 9.24. The molecule has 112 valence electrons. The molecule has 1 N–H and O–H groups in total. The van der Waals surface area contributed by atoms with Crippen molar-refractivity contribution in [3.05, 3.63) is 34.9 Å². The summed E-state index contributed by atoms with van der Waals surface area (Å²) in [7, 11) is 0. The molecule has 0 saturated heterocycles. The summed E-state index contributed by atoms with van der Waals surface area (Å²) in [5, 5.41) is 3.66. The Morgan fingerprint density at radius 1 is 1.25 bits per heavy atom. The van der Waals surface area contributed by atoms with E-state index in [2.05, 4.69) is 56.0 Å². The molecule has 1 aromatic carbocycles. The van der Waals surface area contributed by atoms with Gasteiger partial charge in [0.1, 0.15) is 0 Å². The van der Waals surface area contributed by atoms with E-state index in [4.69, 9.17) is 0 Å². The lowest BCUT2D eigenvalue weighted by Gasteiger charge is -2.21. The monoisotopic (exact) mass is 291 g/mol. The van der Waals surface area contributed by atoms with Gasteiger partial charge in [-0.25, -0.2) is 0 Å². The molecule has 0 heterocycles. The van der Waals surface area contributed by atoms with Crippen molar-refractivity contribution in [1.29, 1.82) is 0 Å². The predicted octanol–water partition coefficient (Wildman–Crippen LogP) is 4.88. The molecule has 1 fully saturated rings. The molecule has 1 aliphatic carbocycles. The van der Waals surface area contributed by atoms with Crippen molar-refractivity contribution >= 4 is 11.8 Å². The molecular weight excluding hydrogens is 262 g/mol. The van der Waals surface area contributed by atoms with Gasteiger partial charge in [-0.15, -0.1) is 0 Å². The average Bonchev–Trinajstić information content (AvgIpc) is 2.91. The standard InChI is InChI=1S/C18H29NS/c1-4-19-18(13-20-12-16-7-5-6-8-16)17-10-9-14(2)11-15(17)3/h9-11,16,18-19H,4-8,12-13H2,1-3H3. The Kier molecular flexibility index (Phi) is 6.44. The third-order valence-electron chi connectivity index (χ3n) is 4.36. The first-order valence-electron chi connectivity index (χ1n) is 8.09. The molecule has 0 bridgehead atoms. The Balaban J connectivity index is 1.91. The third-order valence-corrected chi connectivity index (χ3v) is 5.64. The van der Waals surface area contributed by atoms with Crippen LogP contribution in [0.25, 0.3) is 0 Å². The number of aryl methyl sites for hydroxylation is 2. The van der Waals surface area contributed by atoms with E-state index in [1.807, 2.05) is 0 Å². The van der Waals surface area contributed by atoms with Gasteiger partial charge in [-0.1, -0.05) is 43.5 Å². The van der Waals surface area contributed by atoms with Gasteiger partial charge in [0.2, 0.25) is 0 Å². The molecule has 1 aliphatic rings. The second-order valence-corrected chi connectivity index (χ2v) is 7.23. The molecular formula is C18H29NS. The van der Waals surface area contributed by atoms with Crippen LogP contribution in [0.1, 0.15) is 55.3 Å². The Bertz CT molecular complexity index is 410. The van der Waals surface area contributed by atoms with E-state index in [0.29, 0.717) is 6.04 Å². The van der Waals surface area contributed by atoms with E-state index >= 15 is 0 Å². The van der Waals surface area contributed by atoms with Gasteiger partial charge in [-0.3, -0.25) is 0 Å². The number of thioether (sulfide) groups is 1. The summed E-state index contributed by atoms with van der Waals surface area (Å²) < 4.78 is 0. The first kappa shape index (κ1) is 15.9. The molecule has 0 spiro atoms. The van der Waals surface area contributed by atoms with E-state index in [9.17, 15) is 0 Å². The fourth-order valence-electron chi connectivity index (χ4n) is 3.25. The average molecular weight is 292 g/mol. The van der Waals surface area contributed by atoms with Gasteiger partial charge < -0.3 is 5.32 Å². The fourth-order valence-corrected chi connectivity index (χ4v) is 4.59. The van der Waals surface area contributed by atoms with Gasteiger partial charge in [0.25, 0.3) is 0 Å². The summed E-state index contributed by atoms with van der Waals surface area (Å²) in [4.78, 5) is 0. The van der Waals surface area contributed by atoms with E-state index in [-0.39, 0.29) is 0 Å². The molecule has 20 heavy (non-hydrogen) atoms. The van der Waals surface area contributed by atoms with Gasteiger partial charge in [0.05, 0.1) is 0 Å². The third kappa shape index (κ3) is 4.53. The topological polar surface area (TPSA) is 12.0 Å². The second-order valence-electron chi connectivity index (χ2n) is 6.16.